The van der Waals surface area contributed by atoms with Gasteiger partial charge < -0.3 is 0 Å². The summed E-state index contributed by atoms with van der Waals surface area (Å²) in [7, 11) is 0. The van der Waals surface area contributed by atoms with Crippen molar-refractivity contribution in [2.75, 3.05) is 0 Å². The van der Waals surface area contributed by atoms with Crippen molar-refractivity contribution in [3.63, 3.8) is 0 Å². The summed E-state index contributed by atoms with van der Waals surface area (Å²) >= 11 is 0. The normalized spacial score (nSPS) is 11.4. The van der Waals surface area contributed by atoms with Crippen molar-refractivity contribution < 1.29 is 18.0 Å². The molecule has 116 valence electrons. The topological polar surface area (TPSA) is 47.8 Å². The molecule has 0 saturated carbocycles. The van der Waals surface area contributed by atoms with E-state index >= 15 is 0 Å². The maximum absolute atomic E-state index is 13.2. The summed E-state index contributed by atoms with van der Waals surface area (Å²) < 4.78 is 40.1. The summed E-state index contributed by atoms with van der Waals surface area (Å²) in [6.45, 7) is 0. The van der Waals surface area contributed by atoms with Crippen molar-refractivity contribution >= 4 is 5.91 Å². The molecule has 2 heterocycles. The van der Waals surface area contributed by atoms with Crippen LogP contribution in [0.15, 0.2) is 60.9 Å². The molecule has 23 heavy (non-hydrogen) atoms. The first kappa shape index (κ1) is 15.0. The minimum absolute atomic E-state index is 0.0770. The van der Waals surface area contributed by atoms with Crippen LogP contribution in [0.3, 0.4) is 0 Å². The van der Waals surface area contributed by atoms with Crippen LogP contribution >= 0.6 is 0 Å². The van der Waals surface area contributed by atoms with E-state index in [0.717, 1.165) is 6.07 Å². The summed E-state index contributed by atoms with van der Waals surface area (Å²) in [6, 6.07) is 11.9. The summed E-state index contributed by atoms with van der Waals surface area (Å²) in [5.74, 6) is -0.859. The standard InChI is InChI=1S/C16H10F3N3O/c17-16(18,19)14-10-13(11-4-2-1-3-5-11)21-22(14)15(23)12-6-8-20-9-7-12/h1-10H. The molecule has 0 spiro atoms. The number of rotatable bonds is 2. The number of halogens is 3. The van der Waals surface area contributed by atoms with E-state index in [9.17, 15) is 18.0 Å². The van der Waals surface area contributed by atoms with Crippen molar-refractivity contribution in [3.8, 4) is 11.3 Å². The fraction of sp³-hybridized carbons (Fsp3) is 0.0625. The van der Waals surface area contributed by atoms with Crippen LogP contribution in [-0.2, 0) is 6.18 Å². The van der Waals surface area contributed by atoms with Gasteiger partial charge in [-0.15, -0.1) is 0 Å². The number of benzene rings is 1. The number of hydrogen-bond donors (Lipinski definition) is 0. The Labute approximate surface area is 129 Å². The van der Waals surface area contributed by atoms with E-state index in [-0.39, 0.29) is 11.3 Å². The monoisotopic (exact) mass is 317 g/mol. The Morgan fingerprint density at radius 1 is 1.00 bits per heavy atom. The predicted molar refractivity (Wildman–Crippen MR) is 76.6 cm³/mol. The van der Waals surface area contributed by atoms with Crippen LogP contribution in [0.25, 0.3) is 11.3 Å². The van der Waals surface area contributed by atoms with Crippen LogP contribution in [-0.4, -0.2) is 20.7 Å². The zero-order chi connectivity index (χ0) is 16.4. The Bertz CT molecular complexity index is 827. The number of carbonyl (C=O) groups is 1. The molecule has 4 nitrogen and oxygen atoms in total. The van der Waals surface area contributed by atoms with Gasteiger partial charge in [0.1, 0.15) is 0 Å². The highest BCUT2D eigenvalue weighted by atomic mass is 19.4. The summed E-state index contributed by atoms with van der Waals surface area (Å²) in [6.07, 6.45) is -2.02. The van der Waals surface area contributed by atoms with Gasteiger partial charge >= 0.3 is 6.18 Å². The summed E-state index contributed by atoms with van der Waals surface area (Å²) in [4.78, 5) is 16.1. The van der Waals surface area contributed by atoms with E-state index in [4.69, 9.17) is 0 Å². The average Bonchev–Trinajstić information content (AvgIpc) is 3.01. The van der Waals surface area contributed by atoms with Gasteiger partial charge in [-0.2, -0.15) is 23.0 Å². The van der Waals surface area contributed by atoms with E-state index in [1.54, 1.807) is 30.3 Å². The van der Waals surface area contributed by atoms with Gasteiger partial charge in [0.05, 0.1) is 5.69 Å². The highest BCUT2D eigenvalue weighted by Gasteiger charge is 2.38. The van der Waals surface area contributed by atoms with Crippen LogP contribution < -0.4 is 0 Å². The minimum Gasteiger partial charge on any atom is -0.267 e. The highest BCUT2D eigenvalue weighted by Crippen LogP contribution is 2.32. The van der Waals surface area contributed by atoms with E-state index < -0.39 is 17.8 Å². The number of alkyl halides is 3. The van der Waals surface area contributed by atoms with Gasteiger partial charge in [-0.1, -0.05) is 30.3 Å². The molecule has 0 atom stereocenters. The molecule has 0 radical (unpaired) electrons. The number of pyridine rings is 1. The summed E-state index contributed by atoms with van der Waals surface area (Å²) in [5, 5.41) is 3.85. The largest absolute Gasteiger partial charge is 0.433 e. The van der Waals surface area contributed by atoms with Crippen LogP contribution in [0.2, 0.25) is 0 Å². The number of aromatic nitrogens is 3. The van der Waals surface area contributed by atoms with Crippen molar-refractivity contribution in [1.82, 2.24) is 14.8 Å². The molecule has 0 unspecified atom stereocenters. The fourth-order valence-corrected chi connectivity index (χ4v) is 2.10. The van der Waals surface area contributed by atoms with Gasteiger partial charge in [-0.05, 0) is 18.2 Å². The Morgan fingerprint density at radius 3 is 2.26 bits per heavy atom. The van der Waals surface area contributed by atoms with Crippen LogP contribution in [0, 0.1) is 0 Å². The van der Waals surface area contributed by atoms with Gasteiger partial charge in [0.2, 0.25) is 0 Å². The van der Waals surface area contributed by atoms with Gasteiger partial charge in [0.25, 0.3) is 5.91 Å². The zero-order valence-electron chi connectivity index (χ0n) is 11.7. The Hall–Kier alpha value is -2.96. The molecule has 3 aromatic rings. The maximum atomic E-state index is 13.2. The lowest BCUT2D eigenvalue weighted by Gasteiger charge is -2.08. The lowest BCUT2D eigenvalue weighted by Crippen LogP contribution is -2.21. The smallest absolute Gasteiger partial charge is 0.267 e. The molecule has 0 saturated heterocycles. The third-order valence-electron chi connectivity index (χ3n) is 3.19. The second kappa shape index (κ2) is 5.68. The van der Waals surface area contributed by atoms with Gasteiger partial charge in [-0.3, -0.25) is 9.78 Å². The quantitative estimate of drug-likeness (QED) is 0.725. The molecule has 0 fully saturated rings. The molecule has 0 aliphatic carbocycles. The van der Waals surface area contributed by atoms with Crippen molar-refractivity contribution in [2.45, 2.75) is 6.18 Å². The van der Waals surface area contributed by atoms with Crippen molar-refractivity contribution in [2.24, 2.45) is 0 Å². The van der Waals surface area contributed by atoms with Crippen LogP contribution in [0.4, 0.5) is 13.2 Å². The molecular formula is C16H10F3N3O. The van der Waals surface area contributed by atoms with Gasteiger partial charge in [0, 0.05) is 23.5 Å². The molecule has 0 aliphatic heterocycles. The lowest BCUT2D eigenvalue weighted by atomic mass is 10.1. The van der Waals surface area contributed by atoms with E-state index in [1.807, 2.05) is 0 Å². The van der Waals surface area contributed by atoms with E-state index in [0.29, 0.717) is 10.2 Å². The SMILES string of the molecule is O=C(c1ccncc1)n1nc(-c2ccccc2)cc1C(F)(F)F. The third kappa shape index (κ3) is 2.98. The minimum atomic E-state index is -4.69. The van der Waals surface area contributed by atoms with Crippen LogP contribution in [0.5, 0.6) is 0 Å². The zero-order valence-corrected chi connectivity index (χ0v) is 11.7. The molecule has 0 aliphatic rings. The second-order valence-electron chi connectivity index (χ2n) is 4.73. The van der Waals surface area contributed by atoms with Gasteiger partial charge in [-0.25, -0.2) is 0 Å². The Balaban J connectivity index is 2.12. The number of hydrogen-bond acceptors (Lipinski definition) is 3. The molecular weight excluding hydrogens is 307 g/mol. The van der Waals surface area contributed by atoms with E-state index in [1.165, 1.54) is 24.5 Å². The maximum Gasteiger partial charge on any atom is 0.433 e. The van der Waals surface area contributed by atoms with Crippen molar-refractivity contribution in [1.29, 1.82) is 0 Å². The predicted octanol–water partition coefficient (Wildman–Crippen LogP) is 3.65. The first-order chi connectivity index (χ1) is 11.0. The lowest BCUT2D eigenvalue weighted by molar-refractivity contribution is -0.143. The van der Waals surface area contributed by atoms with Gasteiger partial charge in [0.15, 0.2) is 5.69 Å². The van der Waals surface area contributed by atoms with Crippen LogP contribution in [0.1, 0.15) is 16.1 Å². The van der Waals surface area contributed by atoms with Crippen molar-refractivity contribution in [3.05, 3.63) is 72.2 Å². The molecule has 0 N–H and O–H groups in total. The molecule has 1 aromatic carbocycles. The number of carbonyl (C=O) groups excluding carboxylic acids is 1. The molecule has 0 bridgehead atoms. The molecule has 2 aromatic heterocycles. The molecule has 7 heteroatoms. The Morgan fingerprint density at radius 2 is 1.65 bits per heavy atom. The fourth-order valence-electron chi connectivity index (χ4n) is 2.10. The molecule has 3 rings (SSSR count). The molecule has 0 amide bonds. The third-order valence-corrected chi connectivity index (χ3v) is 3.19. The second-order valence-corrected chi connectivity index (χ2v) is 4.73. The first-order valence-corrected chi connectivity index (χ1v) is 6.64. The Kier molecular flexibility index (Phi) is 3.69. The summed E-state index contributed by atoms with van der Waals surface area (Å²) in [5.41, 5.74) is -0.453. The number of nitrogens with zero attached hydrogens (tertiary/aromatic N) is 3. The average molecular weight is 317 g/mol. The first-order valence-electron chi connectivity index (χ1n) is 6.64. The van der Waals surface area contributed by atoms with E-state index in [2.05, 4.69) is 10.1 Å². The highest BCUT2D eigenvalue weighted by molar-refractivity contribution is 5.96.